The summed E-state index contributed by atoms with van der Waals surface area (Å²) in [5.41, 5.74) is 2.94. The minimum atomic E-state index is -0.227. The molecule has 2 aromatic heterocycles. The fourth-order valence-corrected chi connectivity index (χ4v) is 2.47. The fraction of sp³-hybridized carbons (Fsp3) is 0. The van der Waals surface area contributed by atoms with Crippen molar-refractivity contribution < 1.29 is 4.79 Å². The lowest BCUT2D eigenvalue weighted by molar-refractivity contribution is 0.102. The molecule has 0 aliphatic heterocycles. The molecule has 1 N–H and O–H groups in total. The molecule has 0 atom stereocenters. The van der Waals surface area contributed by atoms with Crippen LogP contribution in [0.5, 0.6) is 0 Å². The molecule has 0 aliphatic carbocycles. The van der Waals surface area contributed by atoms with Crippen LogP contribution in [0.1, 0.15) is 10.4 Å². The van der Waals surface area contributed by atoms with E-state index in [9.17, 15) is 4.79 Å². The molecule has 4 aromatic rings. The van der Waals surface area contributed by atoms with Crippen LogP contribution in [0.25, 0.3) is 11.4 Å². The van der Waals surface area contributed by atoms with Crippen molar-refractivity contribution >= 4 is 11.6 Å². The number of nitrogens with one attached hydrogen (secondary N) is 1. The number of amides is 1. The van der Waals surface area contributed by atoms with Gasteiger partial charge in [-0.25, -0.2) is 9.36 Å². The lowest BCUT2D eigenvalue weighted by Crippen LogP contribution is -2.10. The third kappa shape index (κ3) is 3.18. The van der Waals surface area contributed by atoms with Gasteiger partial charge in [0.1, 0.15) is 0 Å². The van der Waals surface area contributed by atoms with Crippen LogP contribution in [0.15, 0.2) is 85.5 Å². The van der Waals surface area contributed by atoms with E-state index in [0.717, 1.165) is 11.4 Å². The number of rotatable bonds is 4. The number of para-hydroxylation sites is 2. The van der Waals surface area contributed by atoms with Crippen molar-refractivity contribution in [2.75, 3.05) is 5.32 Å². The van der Waals surface area contributed by atoms with E-state index in [-0.39, 0.29) is 5.91 Å². The molecule has 0 aliphatic rings. The van der Waals surface area contributed by atoms with E-state index < -0.39 is 0 Å². The zero-order valence-electron chi connectivity index (χ0n) is 13.3. The molecule has 0 spiro atoms. The molecule has 122 valence electrons. The Hall–Kier alpha value is -3.67. The average Bonchev–Trinajstić information content (AvgIpc) is 3.33. The number of nitrogens with zero attached hydrogens (tertiary/aromatic N) is 4. The maximum atomic E-state index is 12.4. The monoisotopic (exact) mass is 329 g/mol. The van der Waals surface area contributed by atoms with Gasteiger partial charge in [0, 0.05) is 6.20 Å². The van der Waals surface area contributed by atoms with Crippen LogP contribution >= 0.6 is 0 Å². The van der Waals surface area contributed by atoms with E-state index in [0.29, 0.717) is 11.3 Å². The molecule has 0 fully saturated rings. The first-order chi connectivity index (χ1) is 12.3. The highest BCUT2D eigenvalue weighted by Gasteiger charge is 2.11. The van der Waals surface area contributed by atoms with Crippen molar-refractivity contribution in [1.29, 1.82) is 0 Å². The molecule has 6 nitrogen and oxygen atoms in total. The molecule has 0 unspecified atom stereocenters. The first kappa shape index (κ1) is 14.9. The van der Waals surface area contributed by atoms with Crippen LogP contribution in [0.3, 0.4) is 0 Å². The van der Waals surface area contributed by atoms with Crippen LogP contribution in [0, 0.1) is 0 Å². The Morgan fingerprint density at radius 2 is 1.32 bits per heavy atom. The van der Waals surface area contributed by atoms with E-state index in [4.69, 9.17) is 0 Å². The summed E-state index contributed by atoms with van der Waals surface area (Å²) < 4.78 is 3.38. The van der Waals surface area contributed by atoms with Gasteiger partial charge in [0.2, 0.25) is 0 Å². The van der Waals surface area contributed by atoms with Gasteiger partial charge in [-0.2, -0.15) is 10.2 Å². The topological polar surface area (TPSA) is 64.7 Å². The summed E-state index contributed by atoms with van der Waals surface area (Å²) in [6.07, 6.45) is 6.64. The van der Waals surface area contributed by atoms with E-state index >= 15 is 0 Å². The van der Waals surface area contributed by atoms with E-state index in [1.807, 2.05) is 60.7 Å². The molecule has 25 heavy (non-hydrogen) atoms. The predicted molar refractivity (Wildman–Crippen MR) is 95.1 cm³/mol. The van der Waals surface area contributed by atoms with Crippen LogP contribution in [0.2, 0.25) is 0 Å². The number of hydrogen-bond acceptors (Lipinski definition) is 3. The zero-order valence-corrected chi connectivity index (χ0v) is 13.3. The average molecular weight is 329 g/mol. The van der Waals surface area contributed by atoms with Crippen LogP contribution in [0.4, 0.5) is 5.69 Å². The zero-order chi connectivity index (χ0) is 17.1. The van der Waals surface area contributed by atoms with Gasteiger partial charge in [-0.3, -0.25) is 4.79 Å². The Labute approximate surface area is 144 Å². The first-order valence-electron chi connectivity index (χ1n) is 7.81. The highest BCUT2D eigenvalue weighted by Crippen LogP contribution is 2.13. The lowest BCUT2D eigenvalue weighted by atomic mass is 10.3. The molecule has 2 aromatic carbocycles. The van der Waals surface area contributed by atoms with Gasteiger partial charge in [-0.1, -0.05) is 36.4 Å². The minimum Gasteiger partial charge on any atom is -0.319 e. The first-order valence-corrected chi connectivity index (χ1v) is 7.81. The maximum Gasteiger partial charge on any atom is 0.258 e. The molecule has 0 radical (unpaired) electrons. The van der Waals surface area contributed by atoms with E-state index in [1.54, 1.807) is 34.2 Å². The van der Waals surface area contributed by atoms with Crippen molar-refractivity contribution in [3.8, 4) is 11.4 Å². The van der Waals surface area contributed by atoms with Crippen molar-refractivity contribution in [2.45, 2.75) is 0 Å². The largest absolute Gasteiger partial charge is 0.319 e. The van der Waals surface area contributed by atoms with Gasteiger partial charge in [-0.15, -0.1) is 0 Å². The summed E-state index contributed by atoms with van der Waals surface area (Å²) in [6.45, 7) is 0. The maximum absolute atomic E-state index is 12.4. The molecule has 4 rings (SSSR count). The molecule has 0 bridgehead atoms. The van der Waals surface area contributed by atoms with Crippen LogP contribution < -0.4 is 5.32 Å². The van der Waals surface area contributed by atoms with Crippen LogP contribution in [-0.4, -0.2) is 25.5 Å². The van der Waals surface area contributed by atoms with Crippen molar-refractivity contribution in [2.24, 2.45) is 0 Å². The Kier molecular flexibility index (Phi) is 3.84. The van der Waals surface area contributed by atoms with Gasteiger partial charge in [0.25, 0.3) is 5.91 Å². The lowest BCUT2D eigenvalue weighted by Gasteiger charge is -2.01. The number of aromatic nitrogens is 4. The van der Waals surface area contributed by atoms with Crippen molar-refractivity contribution in [3.05, 3.63) is 91.0 Å². The highest BCUT2D eigenvalue weighted by molar-refractivity contribution is 6.03. The summed E-state index contributed by atoms with van der Waals surface area (Å²) >= 11 is 0. The smallest absolute Gasteiger partial charge is 0.258 e. The summed E-state index contributed by atoms with van der Waals surface area (Å²) in [5.74, 6) is -0.227. The Morgan fingerprint density at radius 1 is 0.760 bits per heavy atom. The Balaban J connectivity index is 1.50. The molecular weight excluding hydrogens is 314 g/mol. The van der Waals surface area contributed by atoms with Gasteiger partial charge in [0.05, 0.1) is 41.2 Å². The molecular formula is C19H15N5O. The second-order valence-electron chi connectivity index (χ2n) is 5.47. The van der Waals surface area contributed by atoms with Gasteiger partial charge in [-0.05, 0) is 24.3 Å². The van der Waals surface area contributed by atoms with Crippen LogP contribution in [-0.2, 0) is 0 Å². The van der Waals surface area contributed by atoms with Gasteiger partial charge < -0.3 is 5.32 Å². The second-order valence-corrected chi connectivity index (χ2v) is 5.47. The summed E-state index contributed by atoms with van der Waals surface area (Å²) in [4.78, 5) is 12.4. The molecule has 0 saturated heterocycles. The number of anilines is 1. The molecule has 0 saturated carbocycles. The fourth-order valence-electron chi connectivity index (χ4n) is 2.47. The second kappa shape index (κ2) is 6.45. The van der Waals surface area contributed by atoms with Gasteiger partial charge >= 0.3 is 0 Å². The third-order valence-electron chi connectivity index (χ3n) is 3.73. The molecule has 2 heterocycles. The standard InChI is InChI=1S/C19H15N5O/c25-19(15-11-20-23(13-15)17-7-3-1-4-8-17)22-16-12-21-24(14-16)18-9-5-2-6-10-18/h1-14H,(H,22,25). The Bertz CT molecular complexity index is 989. The molecule has 1 amide bonds. The molecule has 6 heteroatoms. The number of hydrogen-bond donors (Lipinski definition) is 1. The summed E-state index contributed by atoms with van der Waals surface area (Å²) in [7, 11) is 0. The van der Waals surface area contributed by atoms with Gasteiger partial charge in [0.15, 0.2) is 0 Å². The van der Waals surface area contributed by atoms with Crippen molar-refractivity contribution in [3.63, 3.8) is 0 Å². The highest BCUT2D eigenvalue weighted by atomic mass is 16.1. The summed E-state index contributed by atoms with van der Waals surface area (Å²) in [5, 5.41) is 11.3. The quantitative estimate of drug-likeness (QED) is 0.625. The third-order valence-corrected chi connectivity index (χ3v) is 3.73. The number of carbonyl (C=O) groups excluding carboxylic acids is 1. The number of benzene rings is 2. The normalized spacial score (nSPS) is 10.6. The summed E-state index contributed by atoms with van der Waals surface area (Å²) in [6, 6.07) is 19.4. The van der Waals surface area contributed by atoms with Crippen molar-refractivity contribution in [1.82, 2.24) is 19.6 Å². The minimum absolute atomic E-state index is 0.227. The number of carbonyl (C=O) groups is 1. The van der Waals surface area contributed by atoms with E-state index in [1.165, 1.54) is 0 Å². The SMILES string of the molecule is O=C(Nc1cnn(-c2ccccc2)c1)c1cnn(-c2ccccc2)c1. The predicted octanol–water partition coefficient (Wildman–Crippen LogP) is 3.31. The van der Waals surface area contributed by atoms with E-state index in [2.05, 4.69) is 15.5 Å². The Morgan fingerprint density at radius 3 is 1.96 bits per heavy atom.